The van der Waals surface area contributed by atoms with E-state index >= 15 is 0 Å². The molecule has 0 aliphatic carbocycles. The summed E-state index contributed by atoms with van der Waals surface area (Å²) < 4.78 is 37.2. The Kier molecular flexibility index (Phi) is 10.6. The first-order chi connectivity index (χ1) is 20.2. The van der Waals surface area contributed by atoms with Gasteiger partial charge in [0.1, 0.15) is 17.2 Å². The van der Waals surface area contributed by atoms with Gasteiger partial charge in [-0.15, -0.1) is 4.40 Å². The minimum absolute atomic E-state index is 0.138. The number of sulfonamides is 1. The fourth-order valence-corrected chi connectivity index (χ4v) is 6.45. The Balaban J connectivity index is 1.71. The van der Waals surface area contributed by atoms with Gasteiger partial charge in [0.2, 0.25) is 0 Å². The number of aromatic nitrogens is 2. The molecule has 1 heterocycles. The van der Waals surface area contributed by atoms with Crippen LogP contribution >= 0.6 is 11.8 Å². The largest absolute Gasteiger partial charge is 0.461 e. The average molecular weight is 605 g/mol. The lowest BCUT2D eigenvalue weighted by Crippen LogP contribution is -2.16. The Hall–Kier alpha value is -3.89. The first kappa shape index (κ1) is 31.1. The van der Waals surface area contributed by atoms with Crippen LogP contribution in [0.2, 0.25) is 0 Å². The maximum Gasteiger partial charge on any atom is 0.357 e. The van der Waals surface area contributed by atoms with Crippen molar-refractivity contribution in [3.8, 4) is 11.1 Å². The van der Waals surface area contributed by atoms with Crippen molar-refractivity contribution in [3.63, 3.8) is 0 Å². The van der Waals surface area contributed by atoms with Crippen LogP contribution in [0.15, 0.2) is 98.1 Å². The summed E-state index contributed by atoms with van der Waals surface area (Å²) in [6, 6.07) is 24.4. The van der Waals surface area contributed by atoms with Gasteiger partial charge in [-0.1, -0.05) is 85.8 Å². The third-order valence-corrected chi connectivity index (χ3v) is 8.65. The number of carbonyl (C=O) groups is 1. The number of rotatable bonds is 13. The molecule has 0 amide bonds. The Labute approximate surface area is 252 Å². The van der Waals surface area contributed by atoms with E-state index in [0.717, 1.165) is 41.1 Å². The topological polar surface area (TPSA) is 93.9 Å². The molecule has 0 aliphatic heterocycles. The van der Waals surface area contributed by atoms with E-state index in [1.807, 2.05) is 59.2 Å². The molecular formula is C32H36N4O4S2. The van der Waals surface area contributed by atoms with Gasteiger partial charge < -0.3 is 14.2 Å². The summed E-state index contributed by atoms with van der Waals surface area (Å²) in [5.41, 5.74) is 2.71. The molecule has 0 N–H and O–H groups in total. The summed E-state index contributed by atoms with van der Waals surface area (Å²) in [5.74, 6) is 0.429. The number of aryl methyl sites for hydroxylation is 1. The number of hydrogen-bond donors (Lipinski definition) is 0. The molecule has 0 fully saturated rings. The zero-order valence-corrected chi connectivity index (χ0v) is 26.0. The standard InChI is InChI=1S/C32H36N4O4S2/c1-5-7-17-29-34-31(41-26-13-9-8-10-14-26)30(32(37)40-6-2)36(29)22-24-18-20-25(21-19-24)27-15-11-12-16-28(27)42(38,39)33-23-35(3)4/h8-16,18-21,23H,5-7,17,22H2,1-4H3/b33-23+. The van der Waals surface area contributed by atoms with Gasteiger partial charge in [-0.2, -0.15) is 8.42 Å². The first-order valence-corrected chi connectivity index (χ1v) is 16.1. The first-order valence-electron chi connectivity index (χ1n) is 13.9. The van der Waals surface area contributed by atoms with Crippen LogP contribution in [0.5, 0.6) is 0 Å². The lowest BCUT2D eigenvalue weighted by atomic mass is 10.0. The van der Waals surface area contributed by atoms with Crippen molar-refractivity contribution in [3.05, 3.63) is 95.9 Å². The van der Waals surface area contributed by atoms with Crippen molar-refractivity contribution in [1.82, 2.24) is 14.5 Å². The van der Waals surface area contributed by atoms with E-state index in [1.54, 1.807) is 50.2 Å². The summed E-state index contributed by atoms with van der Waals surface area (Å²) >= 11 is 1.45. The molecule has 1 aromatic heterocycles. The lowest BCUT2D eigenvalue weighted by molar-refractivity contribution is 0.0509. The van der Waals surface area contributed by atoms with E-state index in [1.165, 1.54) is 18.1 Å². The van der Waals surface area contributed by atoms with E-state index in [9.17, 15) is 13.2 Å². The summed E-state index contributed by atoms with van der Waals surface area (Å²) in [5, 5.41) is 0.625. The summed E-state index contributed by atoms with van der Waals surface area (Å²) in [6.07, 6.45) is 3.95. The number of carbonyl (C=O) groups excluding carboxylic acids is 1. The Morgan fingerprint density at radius 3 is 2.36 bits per heavy atom. The minimum atomic E-state index is -3.89. The second kappa shape index (κ2) is 14.3. The van der Waals surface area contributed by atoms with Crippen molar-refractivity contribution in [2.75, 3.05) is 20.7 Å². The third-order valence-electron chi connectivity index (χ3n) is 6.38. The van der Waals surface area contributed by atoms with Crippen LogP contribution in [0.1, 0.15) is 48.6 Å². The molecule has 4 rings (SSSR count). The van der Waals surface area contributed by atoms with Crippen LogP contribution < -0.4 is 0 Å². The third kappa shape index (κ3) is 7.68. The van der Waals surface area contributed by atoms with Gasteiger partial charge in [0.15, 0.2) is 5.69 Å². The number of ether oxygens (including phenoxy) is 1. The number of unbranched alkanes of at least 4 members (excludes halogenated alkanes) is 1. The fraction of sp³-hybridized carbons (Fsp3) is 0.281. The predicted molar refractivity (Wildman–Crippen MR) is 168 cm³/mol. The Bertz CT molecular complexity index is 1630. The molecule has 4 aromatic rings. The van der Waals surface area contributed by atoms with Crippen molar-refractivity contribution in [1.29, 1.82) is 0 Å². The highest BCUT2D eigenvalue weighted by atomic mass is 32.2. The number of esters is 1. The van der Waals surface area contributed by atoms with Crippen LogP contribution in [0, 0.1) is 0 Å². The minimum Gasteiger partial charge on any atom is -0.461 e. The van der Waals surface area contributed by atoms with Crippen LogP contribution in [0.4, 0.5) is 0 Å². The van der Waals surface area contributed by atoms with E-state index in [4.69, 9.17) is 9.72 Å². The molecule has 0 bridgehead atoms. The highest BCUT2D eigenvalue weighted by molar-refractivity contribution is 7.99. The quantitative estimate of drug-likeness (QED) is 0.0971. The average Bonchev–Trinajstić information content (AvgIpc) is 3.32. The van der Waals surface area contributed by atoms with Gasteiger partial charge in [0.25, 0.3) is 10.0 Å². The van der Waals surface area contributed by atoms with E-state index in [-0.39, 0.29) is 11.5 Å². The van der Waals surface area contributed by atoms with Crippen molar-refractivity contribution in [2.45, 2.75) is 54.5 Å². The molecule has 0 aliphatic rings. The molecule has 10 heteroatoms. The summed E-state index contributed by atoms with van der Waals surface area (Å²) in [6.45, 7) is 4.60. The van der Waals surface area contributed by atoms with Crippen molar-refractivity contribution >= 4 is 34.1 Å². The van der Waals surface area contributed by atoms with E-state index < -0.39 is 16.0 Å². The molecule has 0 saturated carbocycles. The van der Waals surface area contributed by atoms with Crippen LogP contribution in [-0.2, 0) is 27.7 Å². The Morgan fingerprint density at radius 2 is 1.69 bits per heavy atom. The maximum absolute atomic E-state index is 13.3. The Morgan fingerprint density at radius 1 is 1.00 bits per heavy atom. The second-order valence-electron chi connectivity index (χ2n) is 9.86. The second-order valence-corrected chi connectivity index (χ2v) is 12.5. The maximum atomic E-state index is 13.3. The smallest absolute Gasteiger partial charge is 0.357 e. The molecule has 0 saturated heterocycles. The highest BCUT2D eigenvalue weighted by Gasteiger charge is 2.25. The molecule has 0 atom stereocenters. The number of imidazole rings is 1. The summed E-state index contributed by atoms with van der Waals surface area (Å²) in [7, 11) is -0.456. The molecule has 220 valence electrons. The van der Waals surface area contributed by atoms with Crippen LogP contribution in [0.3, 0.4) is 0 Å². The molecular weight excluding hydrogens is 569 g/mol. The monoisotopic (exact) mass is 604 g/mol. The molecule has 0 unspecified atom stereocenters. The van der Waals surface area contributed by atoms with Gasteiger partial charge in [-0.05, 0) is 42.7 Å². The van der Waals surface area contributed by atoms with Crippen LogP contribution in [0.25, 0.3) is 11.1 Å². The van der Waals surface area contributed by atoms with Gasteiger partial charge in [-0.3, -0.25) is 0 Å². The number of nitrogens with zero attached hydrogens (tertiary/aromatic N) is 4. The van der Waals surface area contributed by atoms with Gasteiger partial charge in [0.05, 0.1) is 11.5 Å². The fourth-order valence-electron chi connectivity index (χ4n) is 4.35. The van der Waals surface area contributed by atoms with Gasteiger partial charge in [0, 0.05) is 37.5 Å². The predicted octanol–water partition coefficient (Wildman–Crippen LogP) is 6.55. The van der Waals surface area contributed by atoms with Crippen LogP contribution in [-0.4, -0.2) is 55.9 Å². The number of hydrogen-bond acceptors (Lipinski definition) is 6. The molecule has 0 radical (unpaired) electrons. The van der Waals surface area contributed by atoms with Gasteiger partial charge >= 0.3 is 5.97 Å². The normalized spacial score (nSPS) is 11.6. The van der Waals surface area contributed by atoms with Crippen molar-refractivity contribution in [2.24, 2.45) is 4.40 Å². The molecule has 0 spiro atoms. The summed E-state index contributed by atoms with van der Waals surface area (Å²) in [4.78, 5) is 20.9. The highest BCUT2D eigenvalue weighted by Crippen LogP contribution is 2.33. The lowest BCUT2D eigenvalue weighted by Gasteiger charge is -2.13. The molecule has 3 aromatic carbocycles. The zero-order valence-electron chi connectivity index (χ0n) is 24.4. The van der Waals surface area contributed by atoms with E-state index in [0.29, 0.717) is 22.8 Å². The van der Waals surface area contributed by atoms with Gasteiger partial charge in [-0.25, -0.2) is 9.78 Å². The van der Waals surface area contributed by atoms with E-state index in [2.05, 4.69) is 11.3 Å². The molecule has 42 heavy (non-hydrogen) atoms. The zero-order chi connectivity index (χ0) is 30.1. The number of benzene rings is 3. The molecule has 8 nitrogen and oxygen atoms in total. The SMILES string of the molecule is CCCCc1nc(Sc2ccccc2)c(C(=O)OCC)n1Cc1ccc(-c2ccccc2S(=O)(=O)/N=C/N(C)C)cc1. The van der Waals surface area contributed by atoms with Crippen molar-refractivity contribution < 1.29 is 17.9 Å².